The highest BCUT2D eigenvalue weighted by Crippen LogP contribution is 2.40. The Hall–Kier alpha value is -6.52. The van der Waals surface area contributed by atoms with Crippen LogP contribution in [0.4, 0.5) is 42.1 Å². The van der Waals surface area contributed by atoms with Crippen LogP contribution in [0.3, 0.4) is 0 Å². The molecule has 0 atom stereocenters. The Kier molecular flexibility index (Phi) is 14.2. The topological polar surface area (TPSA) is 197 Å². The van der Waals surface area contributed by atoms with E-state index in [1.54, 1.807) is 31.2 Å². The molecule has 0 heterocycles. The summed E-state index contributed by atoms with van der Waals surface area (Å²) in [5.74, 6) is -3.26. The number of aryl methyl sites for hydroxylation is 1. The van der Waals surface area contributed by atoms with E-state index in [4.69, 9.17) is 31.4 Å². The molecule has 12 nitrogen and oxygen atoms in total. The third kappa shape index (κ3) is 12.5. The van der Waals surface area contributed by atoms with E-state index < -0.39 is 72.5 Å². The number of para-hydroxylation sites is 1. The lowest BCUT2D eigenvalue weighted by Crippen LogP contribution is -2.20. The van der Waals surface area contributed by atoms with Crippen molar-refractivity contribution in [2.75, 3.05) is 10.6 Å². The summed E-state index contributed by atoms with van der Waals surface area (Å²) in [5, 5.41) is 14.5. The molecular weight excluding hydrogens is 909 g/mol. The summed E-state index contributed by atoms with van der Waals surface area (Å²) in [6.45, 7) is 1.75. The number of nitrogens with two attached hydrogens (primary N) is 2. The molecule has 0 aromatic heterocycles. The van der Waals surface area contributed by atoms with Gasteiger partial charge in [-0.05, 0) is 103 Å². The molecule has 6 aromatic carbocycles. The standard InChI is InChI=1S/C21H17F3N2O4S.C20H13ClF4N2O4S/c1-13-5-2-3-8-18(13)30-19-10-9-14(21(22,23)24)11-17(19)20(27)26-15-6-4-7-16(12-15)31(25,28)29;21-15-9-11(22)7-8-16(15)31-17-6-2-5-14(20(23,24)25)18(17)19(28)27-12-3-1-4-13(10-12)32(26,29)30/h2-12H,1H3,(H,26,27)(H2,25,28,29);1-10H,(H,27,28)(H2,26,29,30). The Morgan fingerprint density at radius 1 is 0.587 bits per heavy atom. The first-order valence-corrected chi connectivity index (χ1v) is 20.9. The van der Waals surface area contributed by atoms with Crippen molar-refractivity contribution in [2.24, 2.45) is 10.3 Å². The van der Waals surface area contributed by atoms with Crippen LogP contribution in [0.1, 0.15) is 37.4 Å². The summed E-state index contributed by atoms with van der Waals surface area (Å²) >= 11 is 5.87. The van der Waals surface area contributed by atoms with Crippen molar-refractivity contribution in [3.05, 3.63) is 166 Å². The molecule has 63 heavy (non-hydrogen) atoms. The zero-order chi connectivity index (χ0) is 46.5. The van der Waals surface area contributed by atoms with Crippen LogP contribution in [0.15, 0.2) is 137 Å². The lowest BCUT2D eigenvalue weighted by atomic mass is 10.0. The molecule has 6 aromatic rings. The molecule has 0 radical (unpaired) electrons. The minimum absolute atomic E-state index is 0.0378. The quantitative estimate of drug-likeness (QED) is 0.0974. The molecule has 0 spiro atoms. The van der Waals surface area contributed by atoms with Crippen LogP contribution in [0.2, 0.25) is 5.02 Å². The fourth-order valence-electron chi connectivity index (χ4n) is 5.42. The Morgan fingerprint density at radius 2 is 1.11 bits per heavy atom. The lowest BCUT2D eigenvalue weighted by molar-refractivity contribution is -0.138. The number of carbonyl (C=O) groups excluding carboxylic acids is 2. The van der Waals surface area contributed by atoms with Gasteiger partial charge < -0.3 is 20.1 Å². The molecule has 22 heteroatoms. The number of hydrogen-bond donors (Lipinski definition) is 4. The van der Waals surface area contributed by atoms with Gasteiger partial charge >= 0.3 is 12.4 Å². The van der Waals surface area contributed by atoms with Crippen LogP contribution >= 0.6 is 11.6 Å². The normalized spacial score (nSPS) is 11.8. The molecule has 6 N–H and O–H groups in total. The van der Waals surface area contributed by atoms with E-state index in [9.17, 15) is 57.2 Å². The van der Waals surface area contributed by atoms with Gasteiger partial charge in [-0.1, -0.05) is 48.0 Å². The summed E-state index contributed by atoms with van der Waals surface area (Å²) in [5.41, 5.74) is -2.98. The van der Waals surface area contributed by atoms with E-state index in [0.717, 1.165) is 66.2 Å². The van der Waals surface area contributed by atoms with Gasteiger partial charge in [-0.15, -0.1) is 0 Å². The fraction of sp³-hybridized carbons (Fsp3) is 0.0732. The number of ether oxygens (including phenoxy) is 2. The molecular formula is C41H30ClF7N4O8S2. The van der Waals surface area contributed by atoms with Crippen LogP contribution in [0.5, 0.6) is 23.0 Å². The van der Waals surface area contributed by atoms with E-state index >= 15 is 0 Å². The number of sulfonamides is 2. The fourth-order valence-corrected chi connectivity index (χ4v) is 6.74. The first-order chi connectivity index (χ1) is 29.3. The smallest absolute Gasteiger partial charge is 0.417 e. The second-order valence-corrected chi connectivity index (χ2v) is 16.5. The van der Waals surface area contributed by atoms with Crippen molar-refractivity contribution in [2.45, 2.75) is 29.1 Å². The van der Waals surface area contributed by atoms with Gasteiger partial charge in [-0.3, -0.25) is 9.59 Å². The third-order valence-corrected chi connectivity index (χ3v) is 10.5. The lowest BCUT2D eigenvalue weighted by Gasteiger charge is -2.17. The van der Waals surface area contributed by atoms with Crippen molar-refractivity contribution < 1.29 is 66.6 Å². The predicted molar refractivity (Wildman–Crippen MR) is 217 cm³/mol. The van der Waals surface area contributed by atoms with Gasteiger partial charge in [0.05, 0.1) is 37.1 Å². The number of nitrogens with one attached hydrogen (secondary N) is 2. The molecule has 6 rings (SSSR count). The van der Waals surface area contributed by atoms with Crippen molar-refractivity contribution >= 4 is 54.8 Å². The number of halogens is 8. The second kappa shape index (κ2) is 18.8. The zero-order valence-electron chi connectivity index (χ0n) is 31.9. The SMILES string of the molecule is Cc1ccccc1Oc1ccc(C(F)(F)F)cc1C(=O)Nc1cccc(S(N)(=O)=O)c1.NS(=O)(=O)c1cccc(NC(=O)c2c(Oc3ccc(F)cc3Cl)cccc2C(F)(F)F)c1. The van der Waals surface area contributed by atoms with Crippen LogP contribution in [-0.2, 0) is 32.4 Å². The van der Waals surface area contributed by atoms with Crippen molar-refractivity contribution in [3.8, 4) is 23.0 Å². The molecule has 2 amide bonds. The first kappa shape index (κ1) is 47.5. The molecule has 0 unspecified atom stereocenters. The second-order valence-electron chi connectivity index (χ2n) is 13.0. The molecule has 0 fully saturated rings. The number of hydrogen-bond acceptors (Lipinski definition) is 8. The molecule has 0 bridgehead atoms. The van der Waals surface area contributed by atoms with Gasteiger partial charge in [-0.2, -0.15) is 26.3 Å². The monoisotopic (exact) mass is 938 g/mol. The average Bonchev–Trinajstić information content (AvgIpc) is 3.19. The number of benzene rings is 6. The van der Waals surface area contributed by atoms with Crippen LogP contribution in [-0.4, -0.2) is 28.6 Å². The van der Waals surface area contributed by atoms with Crippen LogP contribution in [0, 0.1) is 12.7 Å². The Labute approximate surface area is 359 Å². The van der Waals surface area contributed by atoms with E-state index in [0.29, 0.717) is 17.9 Å². The Balaban J connectivity index is 0.000000238. The summed E-state index contributed by atoms with van der Waals surface area (Å²) < 4.78 is 151. The number of carbonyl (C=O) groups is 2. The van der Waals surface area contributed by atoms with Gasteiger partial charge in [0.15, 0.2) is 0 Å². The molecule has 0 aliphatic heterocycles. The zero-order valence-corrected chi connectivity index (χ0v) is 34.3. The van der Waals surface area contributed by atoms with Gasteiger partial charge in [0.2, 0.25) is 20.0 Å². The largest absolute Gasteiger partial charge is 0.456 e. The maximum Gasteiger partial charge on any atom is 0.417 e. The molecule has 330 valence electrons. The Morgan fingerprint density at radius 3 is 1.65 bits per heavy atom. The van der Waals surface area contributed by atoms with E-state index in [2.05, 4.69) is 10.6 Å². The van der Waals surface area contributed by atoms with E-state index in [-0.39, 0.29) is 43.3 Å². The maximum absolute atomic E-state index is 13.6. The highest BCUT2D eigenvalue weighted by Gasteiger charge is 2.37. The Bertz CT molecular complexity index is 2930. The van der Waals surface area contributed by atoms with Crippen LogP contribution in [0.25, 0.3) is 0 Å². The summed E-state index contributed by atoms with van der Waals surface area (Å²) in [4.78, 5) is 25.0. The van der Waals surface area contributed by atoms with E-state index in [1.807, 2.05) is 0 Å². The average molecular weight is 939 g/mol. The minimum Gasteiger partial charge on any atom is -0.456 e. The number of amides is 2. The summed E-state index contributed by atoms with van der Waals surface area (Å²) in [6.07, 6.45) is -9.61. The van der Waals surface area contributed by atoms with Gasteiger partial charge in [-0.25, -0.2) is 31.5 Å². The summed E-state index contributed by atoms with van der Waals surface area (Å²) in [6, 6.07) is 24.8. The number of primary sulfonamides is 2. The predicted octanol–water partition coefficient (Wildman–Crippen LogP) is 9.90. The van der Waals surface area contributed by atoms with Gasteiger partial charge in [0, 0.05) is 11.4 Å². The highest BCUT2D eigenvalue weighted by molar-refractivity contribution is 7.89. The van der Waals surface area contributed by atoms with Crippen molar-refractivity contribution in [3.63, 3.8) is 0 Å². The molecule has 0 saturated carbocycles. The van der Waals surface area contributed by atoms with Crippen molar-refractivity contribution in [1.82, 2.24) is 0 Å². The number of rotatable bonds is 10. The maximum atomic E-state index is 13.6. The first-order valence-electron chi connectivity index (χ1n) is 17.5. The molecule has 0 saturated heterocycles. The van der Waals surface area contributed by atoms with Crippen LogP contribution < -0.4 is 30.4 Å². The number of alkyl halides is 6. The van der Waals surface area contributed by atoms with Crippen molar-refractivity contribution in [1.29, 1.82) is 0 Å². The summed E-state index contributed by atoms with van der Waals surface area (Å²) in [7, 11) is -8.15. The third-order valence-electron chi connectivity index (χ3n) is 8.38. The van der Waals surface area contributed by atoms with Gasteiger partial charge in [0.25, 0.3) is 11.8 Å². The van der Waals surface area contributed by atoms with Gasteiger partial charge in [0.1, 0.15) is 28.8 Å². The van der Waals surface area contributed by atoms with E-state index in [1.165, 1.54) is 30.3 Å². The number of anilines is 2. The highest BCUT2D eigenvalue weighted by atomic mass is 35.5. The molecule has 0 aliphatic rings. The molecule has 0 aliphatic carbocycles. The minimum atomic E-state index is -4.93.